The number of rotatable bonds is 8. The second-order valence-corrected chi connectivity index (χ2v) is 6.96. The van der Waals surface area contributed by atoms with Gasteiger partial charge in [0.15, 0.2) is 0 Å². The van der Waals surface area contributed by atoms with Gasteiger partial charge in [-0.1, -0.05) is 13.3 Å². The molecule has 144 valence electrons. The fourth-order valence-electron chi connectivity index (χ4n) is 2.90. The number of carbonyl (C=O) groups is 2. The highest BCUT2D eigenvalue weighted by Gasteiger charge is 2.23. The molecule has 0 aliphatic carbocycles. The minimum Gasteiger partial charge on any atom is -0.491 e. The normalized spacial score (nSPS) is 15.2. The molecule has 6 nitrogen and oxygen atoms in total. The van der Waals surface area contributed by atoms with Gasteiger partial charge in [0.25, 0.3) is 5.91 Å². The Kier molecular flexibility index (Phi) is 7.91. The van der Waals surface area contributed by atoms with Crippen LogP contribution in [-0.2, 0) is 4.79 Å². The number of nitrogens with one attached hydrogen (secondary N) is 1. The van der Waals surface area contributed by atoms with E-state index in [0.717, 1.165) is 38.2 Å². The van der Waals surface area contributed by atoms with Gasteiger partial charge in [-0.15, -0.1) is 0 Å². The van der Waals surface area contributed by atoms with Crippen molar-refractivity contribution in [3.63, 3.8) is 0 Å². The van der Waals surface area contributed by atoms with Crippen molar-refractivity contribution in [2.45, 2.75) is 39.7 Å². The molecule has 1 aliphatic rings. The maximum atomic E-state index is 12.6. The fourth-order valence-corrected chi connectivity index (χ4v) is 2.90. The molecular formula is C20H31N3O3. The summed E-state index contributed by atoms with van der Waals surface area (Å²) in [7, 11) is 0. The van der Waals surface area contributed by atoms with Gasteiger partial charge in [-0.05, 0) is 44.5 Å². The third-order valence-electron chi connectivity index (χ3n) is 4.35. The first-order valence-electron chi connectivity index (χ1n) is 9.54. The lowest BCUT2D eigenvalue weighted by Crippen LogP contribution is -2.51. The highest BCUT2D eigenvalue weighted by molar-refractivity contribution is 5.94. The summed E-state index contributed by atoms with van der Waals surface area (Å²) in [6, 6.07) is 7.30. The van der Waals surface area contributed by atoms with Crippen LogP contribution in [0.15, 0.2) is 24.3 Å². The number of benzene rings is 1. The molecule has 1 aliphatic heterocycles. The average molecular weight is 361 g/mol. The van der Waals surface area contributed by atoms with Crippen molar-refractivity contribution >= 4 is 11.8 Å². The summed E-state index contributed by atoms with van der Waals surface area (Å²) >= 11 is 0. The van der Waals surface area contributed by atoms with Crippen molar-refractivity contribution in [3.05, 3.63) is 29.8 Å². The molecule has 1 aromatic rings. The minimum atomic E-state index is 0.0353. The quantitative estimate of drug-likeness (QED) is 0.721. The van der Waals surface area contributed by atoms with E-state index in [2.05, 4.69) is 17.1 Å². The van der Waals surface area contributed by atoms with Gasteiger partial charge in [-0.3, -0.25) is 14.5 Å². The number of carbonyl (C=O) groups excluding carboxylic acids is 2. The van der Waals surface area contributed by atoms with Gasteiger partial charge >= 0.3 is 0 Å². The zero-order valence-corrected chi connectivity index (χ0v) is 16.2. The Hall–Kier alpha value is -2.08. The lowest BCUT2D eigenvalue weighted by atomic mass is 10.1. The fraction of sp³-hybridized carbons (Fsp3) is 0.600. The van der Waals surface area contributed by atoms with Crippen LogP contribution in [-0.4, -0.2) is 67.0 Å². The maximum Gasteiger partial charge on any atom is 0.253 e. The van der Waals surface area contributed by atoms with Crippen molar-refractivity contribution in [3.8, 4) is 5.75 Å². The van der Waals surface area contributed by atoms with E-state index >= 15 is 0 Å². The molecule has 26 heavy (non-hydrogen) atoms. The molecule has 0 atom stereocenters. The van der Waals surface area contributed by atoms with E-state index < -0.39 is 0 Å². The second kappa shape index (κ2) is 10.2. The zero-order chi connectivity index (χ0) is 18.9. The predicted molar refractivity (Wildman–Crippen MR) is 102 cm³/mol. The van der Waals surface area contributed by atoms with E-state index in [0.29, 0.717) is 25.2 Å². The van der Waals surface area contributed by atoms with E-state index in [-0.39, 0.29) is 17.9 Å². The van der Waals surface area contributed by atoms with Crippen molar-refractivity contribution in [1.29, 1.82) is 0 Å². The van der Waals surface area contributed by atoms with Crippen LogP contribution >= 0.6 is 0 Å². The van der Waals surface area contributed by atoms with Crippen LogP contribution in [0.3, 0.4) is 0 Å². The van der Waals surface area contributed by atoms with Crippen LogP contribution in [0.2, 0.25) is 0 Å². The smallest absolute Gasteiger partial charge is 0.253 e. The number of ether oxygens (including phenoxy) is 1. The van der Waals surface area contributed by atoms with Crippen LogP contribution < -0.4 is 10.1 Å². The Bertz CT molecular complexity index is 578. The molecule has 0 aromatic heterocycles. The molecule has 2 rings (SSSR count). The van der Waals surface area contributed by atoms with E-state index in [1.807, 2.05) is 43.0 Å². The first-order chi connectivity index (χ1) is 12.5. The van der Waals surface area contributed by atoms with E-state index in [1.54, 1.807) is 0 Å². The van der Waals surface area contributed by atoms with Crippen molar-refractivity contribution < 1.29 is 14.3 Å². The molecule has 1 aromatic carbocycles. The topological polar surface area (TPSA) is 61.9 Å². The summed E-state index contributed by atoms with van der Waals surface area (Å²) in [4.78, 5) is 28.5. The third-order valence-corrected chi connectivity index (χ3v) is 4.35. The molecule has 1 heterocycles. The van der Waals surface area contributed by atoms with E-state index in [9.17, 15) is 9.59 Å². The third kappa shape index (κ3) is 6.33. The van der Waals surface area contributed by atoms with Gasteiger partial charge < -0.3 is 15.0 Å². The van der Waals surface area contributed by atoms with Crippen LogP contribution in [0.25, 0.3) is 0 Å². The zero-order valence-electron chi connectivity index (χ0n) is 16.2. The summed E-state index contributed by atoms with van der Waals surface area (Å²) in [6.07, 6.45) is 2.20. The second-order valence-electron chi connectivity index (χ2n) is 6.96. The minimum absolute atomic E-state index is 0.0353. The number of piperazine rings is 1. The van der Waals surface area contributed by atoms with Crippen LogP contribution in [0.1, 0.15) is 44.0 Å². The first kappa shape index (κ1) is 20.2. The molecule has 1 fully saturated rings. The monoisotopic (exact) mass is 361 g/mol. The Balaban J connectivity index is 1.78. The molecule has 0 spiro atoms. The van der Waals surface area contributed by atoms with Crippen molar-refractivity contribution in [2.75, 3.05) is 39.3 Å². The summed E-state index contributed by atoms with van der Waals surface area (Å²) in [5, 5.41) is 2.94. The van der Waals surface area contributed by atoms with E-state index in [4.69, 9.17) is 4.74 Å². The highest BCUT2D eigenvalue weighted by atomic mass is 16.5. The number of unbranched alkanes of at least 4 members (excludes halogenated alkanes) is 1. The number of amides is 2. The lowest BCUT2D eigenvalue weighted by Gasteiger charge is -2.34. The maximum absolute atomic E-state index is 12.6. The molecule has 1 saturated heterocycles. The number of hydrogen-bond acceptors (Lipinski definition) is 4. The Morgan fingerprint density at radius 3 is 2.35 bits per heavy atom. The molecule has 2 amide bonds. The van der Waals surface area contributed by atoms with Crippen molar-refractivity contribution in [1.82, 2.24) is 15.1 Å². The average Bonchev–Trinajstić information content (AvgIpc) is 2.62. The first-order valence-corrected chi connectivity index (χ1v) is 9.54. The standard InChI is InChI=1S/C20H31N3O3/c1-4-5-10-21-19(24)15-22-11-13-23(14-12-22)20(25)17-6-8-18(9-7-17)26-16(2)3/h6-9,16H,4-5,10-15H2,1-3H3,(H,21,24). The van der Waals surface area contributed by atoms with E-state index in [1.165, 1.54) is 0 Å². The Labute approximate surface area is 156 Å². The molecule has 1 N–H and O–H groups in total. The van der Waals surface area contributed by atoms with Gasteiger partial charge in [-0.2, -0.15) is 0 Å². The Morgan fingerprint density at radius 1 is 1.12 bits per heavy atom. The predicted octanol–water partition coefficient (Wildman–Crippen LogP) is 2.15. The largest absolute Gasteiger partial charge is 0.491 e. The summed E-state index contributed by atoms with van der Waals surface area (Å²) in [6.45, 7) is 9.94. The van der Waals surface area contributed by atoms with Crippen molar-refractivity contribution in [2.24, 2.45) is 0 Å². The van der Waals surface area contributed by atoms with Crippen LogP contribution in [0.4, 0.5) is 0 Å². The van der Waals surface area contributed by atoms with Crippen LogP contribution in [0.5, 0.6) is 5.75 Å². The number of hydrogen-bond donors (Lipinski definition) is 1. The number of nitrogens with zero attached hydrogens (tertiary/aromatic N) is 2. The van der Waals surface area contributed by atoms with Crippen LogP contribution in [0, 0.1) is 0 Å². The molecular weight excluding hydrogens is 330 g/mol. The summed E-state index contributed by atoms with van der Waals surface area (Å²) in [5.74, 6) is 0.877. The van der Waals surface area contributed by atoms with Gasteiger partial charge in [0, 0.05) is 38.3 Å². The molecule has 0 saturated carbocycles. The molecule has 0 unspecified atom stereocenters. The van der Waals surface area contributed by atoms with Gasteiger partial charge in [-0.25, -0.2) is 0 Å². The molecule has 6 heteroatoms. The molecule has 0 radical (unpaired) electrons. The molecule has 0 bridgehead atoms. The van der Waals surface area contributed by atoms with Gasteiger partial charge in [0.2, 0.25) is 5.91 Å². The SMILES string of the molecule is CCCCNC(=O)CN1CCN(C(=O)c2ccc(OC(C)C)cc2)CC1. The summed E-state index contributed by atoms with van der Waals surface area (Å²) < 4.78 is 5.61. The van der Waals surface area contributed by atoms with Gasteiger partial charge in [0.1, 0.15) is 5.75 Å². The highest BCUT2D eigenvalue weighted by Crippen LogP contribution is 2.16. The summed E-state index contributed by atoms with van der Waals surface area (Å²) in [5.41, 5.74) is 0.673. The Morgan fingerprint density at radius 2 is 1.77 bits per heavy atom. The van der Waals surface area contributed by atoms with Gasteiger partial charge in [0.05, 0.1) is 12.6 Å². The lowest BCUT2D eigenvalue weighted by molar-refractivity contribution is -0.122.